The number of oxazole rings is 1. The zero-order valence-electron chi connectivity index (χ0n) is 8.37. The summed E-state index contributed by atoms with van der Waals surface area (Å²) in [7, 11) is 0. The van der Waals surface area contributed by atoms with Crippen molar-refractivity contribution in [2.24, 2.45) is 0 Å². The van der Waals surface area contributed by atoms with Crippen LogP contribution in [0, 0.1) is 0 Å². The molecule has 0 saturated heterocycles. The molecular formula is C11H15NO. The van der Waals surface area contributed by atoms with E-state index in [0.29, 0.717) is 0 Å². The molecule has 0 amide bonds. The van der Waals surface area contributed by atoms with Crippen molar-refractivity contribution in [3.05, 3.63) is 30.2 Å². The van der Waals surface area contributed by atoms with Gasteiger partial charge in [-0.1, -0.05) is 32.9 Å². The lowest BCUT2D eigenvalue weighted by atomic mass is 10.1. The molecule has 2 nitrogen and oxygen atoms in total. The van der Waals surface area contributed by atoms with Gasteiger partial charge in [-0.05, 0) is 18.1 Å². The van der Waals surface area contributed by atoms with Gasteiger partial charge >= 0.3 is 0 Å². The number of fused-ring (bicyclic) bond motifs is 1. The second-order valence-electron chi connectivity index (χ2n) is 2.47. The monoisotopic (exact) mass is 177 g/mol. The Kier molecular flexibility index (Phi) is 3.50. The Balaban J connectivity index is 0.000000396. The summed E-state index contributed by atoms with van der Waals surface area (Å²) < 4.78 is 5.15. The highest BCUT2D eigenvalue weighted by Gasteiger charge is 2.00. The third-order valence-corrected chi connectivity index (χ3v) is 1.82. The third kappa shape index (κ3) is 1.89. The number of hydrogen-bond donors (Lipinski definition) is 0. The van der Waals surface area contributed by atoms with Crippen LogP contribution < -0.4 is 0 Å². The minimum Gasteiger partial charge on any atom is -0.443 e. The highest BCUT2D eigenvalue weighted by atomic mass is 16.3. The van der Waals surface area contributed by atoms with Crippen LogP contribution in [0.3, 0.4) is 0 Å². The van der Waals surface area contributed by atoms with Gasteiger partial charge in [-0.3, -0.25) is 0 Å². The molecule has 0 radical (unpaired) electrons. The quantitative estimate of drug-likeness (QED) is 0.667. The van der Waals surface area contributed by atoms with Gasteiger partial charge in [0.2, 0.25) is 0 Å². The Hall–Kier alpha value is -1.31. The van der Waals surface area contributed by atoms with Gasteiger partial charge in [0.05, 0.1) is 0 Å². The van der Waals surface area contributed by atoms with Crippen LogP contribution in [0.1, 0.15) is 26.3 Å². The molecule has 0 aliphatic carbocycles. The Bertz CT molecular complexity index is 365. The zero-order valence-corrected chi connectivity index (χ0v) is 8.37. The molecule has 1 heterocycles. The molecule has 13 heavy (non-hydrogen) atoms. The molecule has 2 heteroatoms. The summed E-state index contributed by atoms with van der Waals surface area (Å²) in [6, 6.07) is 6.00. The summed E-state index contributed by atoms with van der Waals surface area (Å²) in [6.07, 6.45) is 2.49. The van der Waals surface area contributed by atoms with Crippen molar-refractivity contribution in [3.8, 4) is 0 Å². The normalized spacial score (nSPS) is 9.46. The Morgan fingerprint density at radius 2 is 2.08 bits per heavy atom. The Morgan fingerprint density at radius 3 is 2.77 bits per heavy atom. The van der Waals surface area contributed by atoms with Crippen LogP contribution in [0.5, 0.6) is 0 Å². The van der Waals surface area contributed by atoms with E-state index < -0.39 is 0 Å². The average molecular weight is 177 g/mol. The van der Waals surface area contributed by atoms with Gasteiger partial charge in [0.1, 0.15) is 5.52 Å². The zero-order chi connectivity index (χ0) is 9.68. The molecule has 0 spiro atoms. The molecule has 0 saturated carbocycles. The standard InChI is InChI=1S/C9H9NO.C2H6/c1-2-7-4-3-5-8-9(7)10-6-11-8;1-2/h3-6H,2H2,1H3;1-2H3. The van der Waals surface area contributed by atoms with Crippen molar-refractivity contribution in [1.29, 1.82) is 0 Å². The van der Waals surface area contributed by atoms with Crippen molar-refractivity contribution in [3.63, 3.8) is 0 Å². The lowest BCUT2D eigenvalue weighted by Gasteiger charge is -1.93. The van der Waals surface area contributed by atoms with Crippen molar-refractivity contribution in [2.45, 2.75) is 27.2 Å². The van der Waals surface area contributed by atoms with E-state index in [1.165, 1.54) is 12.0 Å². The number of hydrogen-bond acceptors (Lipinski definition) is 2. The molecule has 0 N–H and O–H groups in total. The van der Waals surface area contributed by atoms with E-state index in [1.807, 2.05) is 26.0 Å². The van der Waals surface area contributed by atoms with Crippen molar-refractivity contribution >= 4 is 11.1 Å². The number of aryl methyl sites for hydroxylation is 1. The first-order valence-corrected chi connectivity index (χ1v) is 4.73. The molecule has 0 unspecified atom stereocenters. The minimum atomic E-state index is 0.879. The number of aromatic nitrogens is 1. The molecule has 0 aliphatic rings. The molecule has 70 valence electrons. The van der Waals surface area contributed by atoms with Gasteiger partial charge in [-0.15, -0.1) is 0 Å². The number of benzene rings is 1. The Labute approximate surface area is 78.6 Å². The van der Waals surface area contributed by atoms with E-state index in [4.69, 9.17) is 4.42 Å². The highest BCUT2D eigenvalue weighted by molar-refractivity contribution is 5.75. The second-order valence-corrected chi connectivity index (χ2v) is 2.47. The molecule has 1 aromatic heterocycles. The first-order valence-electron chi connectivity index (χ1n) is 4.73. The van der Waals surface area contributed by atoms with Crippen LogP contribution >= 0.6 is 0 Å². The molecule has 2 aromatic rings. The van der Waals surface area contributed by atoms with Gasteiger partial charge in [0.15, 0.2) is 12.0 Å². The number of nitrogens with zero attached hydrogens (tertiary/aromatic N) is 1. The van der Waals surface area contributed by atoms with Crippen LogP contribution in [0.25, 0.3) is 11.1 Å². The summed E-state index contributed by atoms with van der Waals surface area (Å²) in [4.78, 5) is 4.12. The van der Waals surface area contributed by atoms with Gasteiger partial charge in [0.25, 0.3) is 0 Å². The van der Waals surface area contributed by atoms with Crippen molar-refractivity contribution in [1.82, 2.24) is 4.98 Å². The van der Waals surface area contributed by atoms with Crippen molar-refractivity contribution < 1.29 is 4.42 Å². The molecule has 0 atom stereocenters. The third-order valence-electron chi connectivity index (χ3n) is 1.82. The fourth-order valence-corrected chi connectivity index (χ4v) is 1.23. The van der Waals surface area contributed by atoms with Crippen LogP contribution in [0.15, 0.2) is 29.0 Å². The topological polar surface area (TPSA) is 26.0 Å². The van der Waals surface area contributed by atoms with Gasteiger partial charge < -0.3 is 4.42 Å². The lowest BCUT2D eigenvalue weighted by molar-refractivity contribution is 0.602. The molecule has 0 fully saturated rings. The number of rotatable bonds is 1. The maximum absolute atomic E-state index is 5.15. The average Bonchev–Trinajstić information content (AvgIpc) is 2.68. The first-order chi connectivity index (χ1) is 6.42. The summed E-state index contributed by atoms with van der Waals surface area (Å²) >= 11 is 0. The maximum Gasteiger partial charge on any atom is 0.181 e. The smallest absolute Gasteiger partial charge is 0.181 e. The molecular weight excluding hydrogens is 162 g/mol. The van der Waals surface area contributed by atoms with E-state index in [1.54, 1.807) is 0 Å². The van der Waals surface area contributed by atoms with E-state index in [2.05, 4.69) is 18.0 Å². The largest absolute Gasteiger partial charge is 0.443 e. The molecule has 0 bridgehead atoms. The second kappa shape index (κ2) is 4.65. The molecule has 0 aliphatic heterocycles. The van der Waals surface area contributed by atoms with Gasteiger partial charge in [0, 0.05) is 0 Å². The molecule has 1 aromatic carbocycles. The van der Waals surface area contributed by atoms with E-state index in [-0.39, 0.29) is 0 Å². The van der Waals surface area contributed by atoms with Crippen molar-refractivity contribution in [2.75, 3.05) is 0 Å². The summed E-state index contributed by atoms with van der Waals surface area (Å²) in [6.45, 7) is 6.11. The van der Waals surface area contributed by atoms with Gasteiger partial charge in [-0.25, -0.2) is 4.98 Å². The summed E-state index contributed by atoms with van der Waals surface area (Å²) in [5, 5.41) is 0. The fourth-order valence-electron chi connectivity index (χ4n) is 1.23. The highest BCUT2D eigenvalue weighted by Crippen LogP contribution is 2.16. The predicted molar refractivity (Wildman–Crippen MR) is 54.7 cm³/mol. The maximum atomic E-state index is 5.15. The Morgan fingerprint density at radius 1 is 1.31 bits per heavy atom. The fraction of sp³-hybridized carbons (Fsp3) is 0.364. The van der Waals surface area contributed by atoms with E-state index in [9.17, 15) is 0 Å². The van der Waals surface area contributed by atoms with Crippen LogP contribution in [-0.2, 0) is 6.42 Å². The van der Waals surface area contributed by atoms with E-state index in [0.717, 1.165) is 17.5 Å². The number of para-hydroxylation sites is 1. The lowest BCUT2D eigenvalue weighted by Crippen LogP contribution is -1.80. The van der Waals surface area contributed by atoms with Gasteiger partial charge in [-0.2, -0.15) is 0 Å². The van der Waals surface area contributed by atoms with Crippen LogP contribution in [-0.4, -0.2) is 4.98 Å². The summed E-state index contributed by atoms with van der Waals surface area (Å²) in [5.74, 6) is 0. The van der Waals surface area contributed by atoms with E-state index >= 15 is 0 Å². The van der Waals surface area contributed by atoms with Crippen LogP contribution in [0.4, 0.5) is 0 Å². The minimum absolute atomic E-state index is 0.879. The van der Waals surface area contributed by atoms with Crippen LogP contribution in [0.2, 0.25) is 0 Å². The SMILES string of the molecule is CC.CCc1cccc2ocnc12. The summed E-state index contributed by atoms with van der Waals surface area (Å²) in [5.41, 5.74) is 3.12. The first kappa shape index (κ1) is 9.78. The molecule has 2 rings (SSSR count). The predicted octanol–water partition coefficient (Wildman–Crippen LogP) is 3.42.